The zero-order valence-corrected chi connectivity index (χ0v) is 10.4. The fourth-order valence-electron chi connectivity index (χ4n) is 1.37. The van der Waals surface area contributed by atoms with Crippen molar-refractivity contribution in [1.82, 2.24) is 10.2 Å². The van der Waals surface area contributed by atoms with Gasteiger partial charge in [-0.2, -0.15) is 0 Å². The van der Waals surface area contributed by atoms with Crippen LogP contribution in [-0.2, 0) is 0 Å². The number of carbonyl (C=O) groups excluding carboxylic acids is 1. The largest absolute Gasteiger partial charge is 0.296 e. The predicted molar refractivity (Wildman–Crippen MR) is 67.6 cm³/mol. The molecule has 20 heavy (non-hydrogen) atoms. The van der Waals surface area contributed by atoms with Gasteiger partial charge in [-0.1, -0.05) is 11.3 Å². The summed E-state index contributed by atoms with van der Waals surface area (Å²) in [6.45, 7) is 0. The Morgan fingerprint density at radius 3 is 2.55 bits per heavy atom. The van der Waals surface area contributed by atoms with E-state index in [1.165, 1.54) is 5.51 Å². The van der Waals surface area contributed by atoms with Crippen molar-refractivity contribution in [3.8, 4) is 0 Å². The fourth-order valence-corrected chi connectivity index (χ4v) is 1.81. The monoisotopic (exact) mass is 295 g/mol. The molecule has 0 bridgehead atoms. The van der Waals surface area contributed by atoms with Crippen LogP contribution in [0.15, 0.2) is 23.7 Å². The average molecular weight is 295 g/mol. The number of hydrogen-bond donors (Lipinski definition) is 1. The molecule has 1 amide bonds. The number of aromatic nitrogens is 2. The molecule has 1 heterocycles. The van der Waals surface area contributed by atoms with Crippen LogP contribution in [0.4, 0.5) is 16.5 Å². The first-order valence-corrected chi connectivity index (χ1v) is 5.87. The Bertz CT molecular complexity index is 686. The highest BCUT2D eigenvalue weighted by Crippen LogP contribution is 2.25. The number of anilines is 1. The Morgan fingerprint density at radius 1 is 1.25 bits per heavy atom. The lowest BCUT2D eigenvalue weighted by atomic mass is 10.1. The van der Waals surface area contributed by atoms with Gasteiger partial charge in [-0.15, -0.1) is 10.2 Å². The van der Waals surface area contributed by atoms with Crippen LogP contribution in [0.25, 0.3) is 0 Å². The van der Waals surface area contributed by atoms with Crippen molar-refractivity contribution in [1.29, 1.82) is 0 Å². The maximum atomic E-state index is 11.9. The topological polar surface area (TPSA) is 141 Å². The summed E-state index contributed by atoms with van der Waals surface area (Å²) in [4.78, 5) is 31.7. The first-order chi connectivity index (χ1) is 9.49. The molecule has 0 saturated carbocycles. The van der Waals surface area contributed by atoms with Crippen molar-refractivity contribution in [2.45, 2.75) is 0 Å². The summed E-state index contributed by atoms with van der Waals surface area (Å²) in [7, 11) is 0. The van der Waals surface area contributed by atoms with Crippen molar-refractivity contribution in [3.05, 3.63) is 49.5 Å². The zero-order chi connectivity index (χ0) is 14.7. The van der Waals surface area contributed by atoms with E-state index in [2.05, 4.69) is 15.5 Å². The molecule has 0 atom stereocenters. The van der Waals surface area contributed by atoms with E-state index >= 15 is 0 Å². The van der Waals surface area contributed by atoms with Gasteiger partial charge in [-0.3, -0.25) is 30.3 Å². The Morgan fingerprint density at radius 2 is 2.00 bits per heavy atom. The van der Waals surface area contributed by atoms with Crippen LogP contribution in [0.3, 0.4) is 0 Å². The van der Waals surface area contributed by atoms with Crippen LogP contribution < -0.4 is 5.32 Å². The van der Waals surface area contributed by atoms with Crippen LogP contribution in [0, 0.1) is 20.2 Å². The van der Waals surface area contributed by atoms with Gasteiger partial charge in [0.05, 0.1) is 15.9 Å². The third-order valence-corrected chi connectivity index (χ3v) is 2.82. The van der Waals surface area contributed by atoms with Gasteiger partial charge in [-0.25, -0.2) is 0 Å². The number of nitro groups is 2. The first kappa shape index (κ1) is 13.5. The molecule has 0 aliphatic carbocycles. The highest BCUT2D eigenvalue weighted by Gasteiger charge is 2.24. The Hall–Kier alpha value is -2.95. The molecule has 2 aromatic rings. The molecule has 11 heteroatoms. The van der Waals surface area contributed by atoms with E-state index in [1.807, 2.05) is 0 Å². The summed E-state index contributed by atoms with van der Waals surface area (Å²) in [6.07, 6.45) is 0. The second-order valence-corrected chi connectivity index (χ2v) is 4.25. The Labute approximate surface area is 114 Å². The van der Waals surface area contributed by atoms with E-state index in [1.54, 1.807) is 0 Å². The van der Waals surface area contributed by atoms with Gasteiger partial charge in [0, 0.05) is 6.07 Å². The maximum Gasteiger partial charge on any atom is 0.289 e. The smallest absolute Gasteiger partial charge is 0.289 e. The molecule has 2 rings (SSSR count). The molecule has 1 aromatic carbocycles. The molecular formula is C9H5N5O5S. The Kier molecular flexibility index (Phi) is 3.61. The van der Waals surface area contributed by atoms with E-state index < -0.39 is 27.1 Å². The third-order valence-electron chi connectivity index (χ3n) is 2.21. The van der Waals surface area contributed by atoms with Crippen molar-refractivity contribution in [3.63, 3.8) is 0 Å². The summed E-state index contributed by atoms with van der Waals surface area (Å²) in [5, 5.41) is 31.0. The quantitative estimate of drug-likeness (QED) is 0.666. The van der Waals surface area contributed by atoms with Crippen LogP contribution in [0.5, 0.6) is 0 Å². The van der Waals surface area contributed by atoms with E-state index in [0.29, 0.717) is 0 Å². The van der Waals surface area contributed by atoms with E-state index in [9.17, 15) is 25.0 Å². The number of hydrogen-bond acceptors (Lipinski definition) is 8. The highest BCUT2D eigenvalue weighted by atomic mass is 32.1. The van der Waals surface area contributed by atoms with Crippen LogP contribution >= 0.6 is 11.3 Å². The summed E-state index contributed by atoms with van der Waals surface area (Å²) in [5.74, 6) is -0.789. The van der Waals surface area contributed by atoms with Gasteiger partial charge in [0.2, 0.25) is 5.13 Å². The average Bonchev–Trinajstić information content (AvgIpc) is 2.90. The number of benzene rings is 1. The molecule has 0 radical (unpaired) electrons. The zero-order valence-electron chi connectivity index (χ0n) is 9.55. The van der Waals surface area contributed by atoms with E-state index in [4.69, 9.17) is 0 Å². The summed E-state index contributed by atoms with van der Waals surface area (Å²) in [5.41, 5.74) is -0.0407. The number of amides is 1. The van der Waals surface area contributed by atoms with Gasteiger partial charge in [-0.05, 0) is 6.07 Å². The molecule has 1 N–H and O–H groups in total. The van der Waals surface area contributed by atoms with Gasteiger partial charge in [0.1, 0.15) is 11.1 Å². The summed E-state index contributed by atoms with van der Waals surface area (Å²) in [6, 6.07) is 2.77. The molecule has 0 fully saturated rings. The lowest BCUT2D eigenvalue weighted by Crippen LogP contribution is -2.14. The number of nitro benzene ring substituents is 2. The van der Waals surface area contributed by atoms with Crippen molar-refractivity contribution >= 4 is 33.8 Å². The lowest BCUT2D eigenvalue weighted by Gasteiger charge is -2.02. The van der Waals surface area contributed by atoms with Crippen LogP contribution in [0.1, 0.15) is 10.4 Å². The molecule has 0 aliphatic heterocycles. The predicted octanol–water partition coefficient (Wildman–Crippen LogP) is 1.61. The first-order valence-electron chi connectivity index (χ1n) is 4.99. The summed E-state index contributed by atoms with van der Waals surface area (Å²) < 4.78 is 0. The number of nitrogens with one attached hydrogen (secondary N) is 1. The van der Waals surface area contributed by atoms with Gasteiger partial charge in [0.25, 0.3) is 17.3 Å². The standard InChI is InChI=1S/C9H5N5O5S/c15-8(11-9-12-10-4-20-9)6-2-1-5(13(16)17)3-7(6)14(18)19/h1-4H,(H,11,12,15). The van der Waals surface area contributed by atoms with Crippen LogP contribution in [-0.4, -0.2) is 26.0 Å². The summed E-state index contributed by atoms with van der Waals surface area (Å²) >= 11 is 1.04. The van der Waals surface area contributed by atoms with Crippen LogP contribution in [0.2, 0.25) is 0 Å². The van der Waals surface area contributed by atoms with Gasteiger partial charge < -0.3 is 0 Å². The minimum absolute atomic E-state index is 0.169. The lowest BCUT2D eigenvalue weighted by molar-refractivity contribution is -0.394. The SMILES string of the molecule is O=C(Nc1nncs1)c1ccc([N+](=O)[O-])cc1[N+](=O)[O-]. The third kappa shape index (κ3) is 2.72. The second kappa shape index (κ2) is 5.36. The van der Waals surface area contributed by atoms with E-state index in [-0.39, 0.29) is 10.7 Å². The maximum absolute atomic E-state index is 11.9. The van der Waals surface area contributed by atoms with Gasteiger partial charge >= 0.3 is 0 Å². The molecule has 0 unspecified atom stereocenters. The number of nitrogens with zero attached hydrogens (tertiary/aromatic N) is 4. The number of non-ortho nitro benzene ring substituents is 1. The Balaban J connectivity index is 2.37. The molecule has 0 aliphatic rings. The van der Waals surface area contributed by atoms with Crippen molar-refractivity contribution in [2.75, 3.05) is 5.32 Å². The number of carbonyl (C=O) groups is 1. The van der Waals surface area contributed by atoms with E-state index in [0.717, 1.165) is 29.5 Å². The fraction of sp³-hybridized carbons (Fsp3) is 0. The molecule has 102 valence electrons. The highest BCUT2D eigenvalue weighted by molar-refractivity contribution is 7.13. The minimum atomic E-state index is -0.859. The van der Waals surface area contributed by atoms with Gasteiger partial charge in [0.15, 0.2) is 0 Å². The molecule has 1 aromatic heterocycles. The van der Waals surface area contributed by atoms with Crippen molar-refractivity contribution < 1.29 is 14.6 Å². The van der Waals surface area contributed by atoms with Crippen molar-refractivity contribution in [2.24, 2.45) is 0 Å². The minimum Gasteiger partial charge on any atom is -0.296 e. The molecule has 0 spiro atoms. The molecular weight excluding hydrogens is 290 g/mol. The number of rotatable bonds is 4. The normalized spacial score (nSPS) is 10.0. The molecule has 10 nitrogen and oxygen atoms in total. The second-order valence-electron chi connectivity index (χ2n) is 3.41. The molecule has 0 saturated heterocycles.